The summed E-state index contributed by atoms with van der Waals surface area (Å²) in [5, 5.41) is 0. The number of rotatable bonds is 9. The zero-order chi connectivity index (χ0) is 22.7. The Morgan fingerprint density at radius 3 is 0.857 bits per heavy atom. The van der Waals surface area contributed by atoms with Gasteiger partial charge >= 0.3 is 150 Å². The van der Waals surface area contributed by atoms with Crippen molar-refractivity contribution in [1.82, 2.24) is 0 Å². The summed E-state index contributed by atoms with van der Waals surface area (Å²) in [7, 11) is -4.45. The zero-order valence-electron chi connectivity index (χ0n) is 13.9. The standard InChI is InChI=1S/C13H17F14P/c14-9(15,13(25,26)27)1-5-28(6-2-10(16,17)18,7-3-11(19,20)21)8-4-12(22,23)24/h28H,1-8H2. The van der Waals surface area contributed by atoms with Crippen LogP contribution < -0.4 is 0 Å². The fraction of sp³-hybridized carbons (Fsp3) is 1.00. The van der Waals surface area contributed by atoms with Crippen LogP contribution >= 0.6 is 7.26 Å². The van der Waals surface area contributed by atoms with Crippen LogP contribution in [0.15, 0.2) is 0 Å². The molecule has 0 aromatic heterocycles. The van der Waals surface area contributed by atoms with Crippen LogP contribution in [0.1, 0.15) is 25.7 Å². The molecule has 0 saturated heterocycles. The maximum atomic E-state index is 13.1. The first-order valence-corrected chi connectivity index (χ1v) is 10.6. The van der Waals surface area contributed by atoms with Crippen molar-refractivity contribution in [2.24, 2.45) is 0 Å². The molecule has 0 radical (unpaired) electrons. The van der Waals surface area contributed by atoms with Gasteiger partial charge in [0.1, 0.15) is 0 Å². The molecule has 0 aromatic rings. The van der Waals surface area contributed by atoms with E-state index in [-0.39, 0.29) is 0 Å². The Morgan fingerprint density at radius 1 is 0.393 bits per heavy atom. The average molecular weight is 470 g/mol. The van der Waals surface area contributed by atoms with Crippen molar-refractivity contribution >= 4 is 7.26 Å². The van der Waals surface area contributed by atoms with Crippen LogP contribution in [-0.2, 0) is 0 Å². The first-order valence-electron chi connectivity index (χ1n) is 7.72. The quantitative estimate of drug-likeness (QED) is 0.247. The van der Waals surface area contributed by atoms with Crippen molar-refractivity contribution in [3.8, 4) is 0 Å². The molecule has 0 fully saturated rings. The Bertz CT molecular complexity index is 424. The summed E-state index contributed by atoms with van der Waals surface area (Å²) >= 11 is 0. The molecule has 0 spiro atoms. The second-order valence-corrected chi connectivity index (χ2v) is 11.5. The normalized spacial score (nSPS) is 15.8. The molecule has 0 N–H and O–H groups in total. The van der Waals surface area contributed by atoms with Crippen molar-refractivity contribution in [2.75, 3.05) is 24.6 Å². The van der Waals surface area contributed by atoms with E-state index in [0.717, 1.165) is 0 Å². The van der Waals surface area contributed by atoms with E-state index in [9.17, 15) is 61.5 Å². The van der Waals surface area contributed by atoms with Crippen LogP contribution in [0.5, 0.6) is 0 Å². The third kappa shape index (κ3) is 11.5. The summed E-state index contributed by atoms with van der Waals surface area (Å²) in [5.41, 5.74) is 0. The van der Waals surface area contributed by atoms with E-state index in [2.05, 4.69) is 0 Å². The third-order valence-electron chi connectivity index (χ3n) is 4.20. The van der Waals surface area contributed by atoms with Gasteiger partial charge in [0.25, 0.3) is 0 Å². The molecule has 172 valence electrons. The molecule has 0 aliphatic heterocycles. The molecule has 15 heteroatoms. The molecule has 0 rings (SSSR count). The van der Waals surface area contributed by atoms with Gasteiger partial charge < -0.3 is 0 Å². The Hall–Kier alpha value is -0.550. The SMILES string of the molecule is FC(F)(F)CC[PH](CCC(F)(F)F)(CCC(F)(F)F)CCC(F)(F)C(F)(F)F. The summed E-state index contributed by atoms with van der Waals surface area (Å²) in [5.74, 6) is -5.43. The number of hydrogen-bond donors (Lipinski definition) is 0. The molecule has 0 heterocycles. The van der Waals surface area contributed by atoms with Gasteiger partial charge in [-0.1, -0.05) is 0 Å². The van der Waals surface area contributed by atoms with Crippen LogP contribution in [0.25, 0.3) is 0 Å². The van der Waals surface area contributed by atoms with Crippen LogP contribution in [-0.4, -0.2) is 55.3 Å². The molecular formula is C13H17F14P. The summed E-state index contributed by atoms with van der Waals surface area (Å²) < 4.78 is 175. The molecule has 28 heavy (non-hydrogen) atoms. The van der Waals surface area contributed by atoms with E-state index >= 15 is 0 Å². The van der Waals surface area contributed by atoms with Crippen molar-refractivity contribution in [2.45, 2.75) is 56.3 Å². The second kappa shape index (κ2) is 9.07. The van der Waals surface area contributed by atoms with E-state index in [1.54, 1.807) is 0 Å². The van der Waals surface area contributed by atoms with E-state index in [1.807, 2.05) is 0 Å². The van der Waals surface area contributed by atoms with E-state index in [1.165, 1.54) is 0 Å². The van der Waals surface area contributed by atoms with Crippen LogP contribution in [0.4, 0.5) is 61.5 Å². The van der Waals surface area contributed by atoms with Crippen molar-refractivity contribution in [1.29, 1.82) is 0 Å². The Labute approximate surface area is 151 Å². The van der Waals surface area contributed by atoms with Gasteiger partial charge in [0.15, 0.2) is 0 Å². The number of halogens is 14. The third-order valence-corrected chi connectivity index (χ3v) is 9.44. The predicted octanol–water partition coefficient (Wildman–Crippen LogP) is 7.18. The number of hydrogen-bond acceptors (Lipinski definition) is 0. The summed E-state index contributed by atoms with van der Waals surface area (Å²) in [4.78, 5) is 0. The summed E-state index contributed by atoms with van der Waals surface area (Å²) in [6, 6.07) is 0. The zero-order valence-corrected chi connectivity index (χ0v) is 14.9. The van der Waals surface area contributed by atoms with Crippen molar-refractivity contribution in [3.05, 3.63) is 0 Å². The maximum absolute atomic E-state index is 13.1. The van der Waals surface area contributed by atoms with Gasteiger partial charge in [0.2, 0.25) is 0 Å². The summed E-state index contributed by atoms with van der Waals surface area (Å²) in [6.07, 6.45) is -34.2. The molecule has 0 bridgehead atoms. The van der Waals surface area contributed by atoms with Gasteiger partial charge in [-0.3, -0.25) is 0 Å². The minimum atomic E-state index is -6.12. The van der Waals surface area contributed by atoms with Crippen LogP contribution in [0, 0.1) is 0 Å². The minimum absolute atomic E-state index is 1.30. The molecule has 0 nitrogen and oxygen atoms in total. The van der Waals surface area contributed by atoms with E-state index in [0.29, 0.717) is 0 Å². The van der Waals surface area contributed by atoms with Crippen molar-refractivity contribution in [3.63, 3.8) is 0 Å². The first kappa shape index (κ1) is 27.5. The fourth-order valence-electron chi connectivity index (χ4n) is 2.53. The van der Waals surface area contributed by atoms with Gasteiger partial charge in [-0.05, 0) is 0 Å². The molecular weight excluding hydrogens is 453 g/mol. The van der Waals surface area contributed by atoms with E-state index in [4.69, 9.17) is 0 Å². The molecule has 0 aromatic carbocycles. The van der Waals surface area contributed by atoms with Gasteiger partial charge in [-0.2, -0.15) is 0 Å². The van der Waals surface area contributed by atoms with E-state index < -0.39 is 88.2 Å². The molecule has 0 aliphatic rings. The molecule has 0 saturated carbocycles. The predicted molar refractivity (Wildman–Crippen MR) is 75.4 cm³/mol. The monoisotopic (exact) mass is 470 g/mol. The van der Waals surface area contributed by atoms with Gasteiger partial charge in [0, 0.05) is 0 Å². The van der Waals surface area contributed by atoms with Crippen LogP contribution in [0.2, 0.25) is 0 Å². The average Bonchev–Trinajstić information content (AvgIpc) is 2.42. The fourth-order valence-corrected chi connectivity index (χ4v) is 7.32. The van der Waals surface area contributed by atoms with Gasteiger partial charge in [-0.15, -0.1) is 0 Å². The molecule has 0 aliphatic carbocycles. The van der Waals surface area contributed by atoms with Gasteiger partial charge in [0.05, 0.1) is 0 Å². The Kier molecular flexibility index (Phi) is 8.90. The van der Waals surface area contributed by atoms with Crippen molar-refractivity contribution < 1.29 is 61.5 Å². The van der Waals surface area contributed by atoms with Gasteiger partial charge in [-0.25, -0.2) is 0 Å². The summed E-state index contributed by atoms with van der Waals surface area (Å²) in [6.45, 7) is 0. The second-order valence-electron chi connectivity index (χ2n) is 6.55. The Morgan fingerprint density at radius 2 is 0.643 bits per heavy atom. The topological polar surface area (TPSA) is 0 Å². The Balaban J connectivity index is 5.70. The molecule has 0 amide bonds. The first-order chi connectivity index (χ1) is 12.1. The van der Waals surface area contributed by atoms with Crippen LogP contribution in [0.3, 0.4) is 0 Å². The molecule has 0 atom stereocenters. The number of alkyl halides is 14. The molecule has 0 unspecified atom stereocenters.